The average molecular weight is 267 g/mol. The molecule has 2 heteroatoms. The van der Waals surface area contributed by atoms with Gasteiger partial charge in [0.05, 0.1) is 6.10 Å². The molecule has 0 spiro atoms. The van der Waals surface area contributed by atoms with Crippen LogP contribution in [0.25, 0.3) is 0 Å². The summed E-state index contributed by atoms with van der Waals surface area (Å²) >= 11 is 0. The van der Waals surface area contributed by atoms with E-state index in [4.69, 9.17) is 0 Å². The summed E-state index contributed by atoms with van der Waals surface area (Å²) in [4.78, 5) is 2.70. The zero-order chi connectivity index (χ0) is 13.7. The molecule has 0 bridgehead atoms. The Labute approximate surface area is 119 Å². The summed E-state index contributed by atoms with van der Waals surface area (Å²) < 4.78 is 0. The Bertz CT molecular complexity index is 248. The van der Waals surface area contributed by atoms with Gasteiger partial charge >= 0.3 is 0 Å². The highest BCUT2D eigenvalue weighted by atomic mass is 16.3. The van der Waals surface area contributed by atoms with Crippen LogP contribution in [-0.2, 0) is 0 Å². The van der Waals surface area contributed by atoms with Crippen molar-refractivity contribution in [2.45, 2.75) is 96.2 Å². The Morgan fingerprint density at radius 3 is 2.11 bits per heavy atom. The van der Waals surface area contributed by atoms with Crippen LogP contribution in [-0.4, -0.2) is 34.7 Å². The summed E-state index contributed by atoms with van der Waals surface area (Å²) in [5, 5.41) is 10.6. The monoisotopic (exact) mass is 267 g/mol. The molecule has 2 unspecified atom stereocenters. The Kier molecular flexibility index (Phi) is 6.15. The normalized spacial score (nSPS) is 30.8. The van der Waals surface area contributed by atoms with Gasteiger partial charge in [-0.05, 0) is 31.6 Å². The molecule has 0 amide bonds. The van der Waals surface area contributed by atoms with E-state index in [9.17, 15) is 5.11 Å². The van der Waals surface area contributed by atoms with E-state index in [1.807, 2.05) is 0 Å². The summed E-state index contributed by atoms with van der Waals surface area (Å²) in [5.41, 5.74) is 0. The molecule has 2 fully saturated rings. The molecule has 2 aliphatic carbocycles. The predicted molar refractivity (Wildman–Crippen MR) is 81.3 cm³/mol. The maximum atomic E-state index is 10.6. The van der Waals surface area contributed by atoms with Gasteiger partial charge in [-0.3, -0.25) is 4.90 Å². The highest BCUT2D eigenvalue weighted by Gasteiger charge is 2.33. The molecule has 2 rings (SSSR count). The van der Waals surface area contributed by atoms with Crippen molar-refractivity contribution in [3.8, 4) is 0 Å². The summed E-state index contributed by atoms with van der Waals surface area (Å²) in [5.74, 6) is 0.707. The third kappa shape index (κ3) is 4.46. The van der Waals surface area contributed by atoms with Gasteiger partial charge in [-0.25, -0.2) is 0 Å². The van der Waals surface area contributed by atoms with Crippen molar-refractivity contribution in [3.63, 3.8) is 0 Å². The van der Waals surface area contributed by atoms with Crippen LogP contribution in [0.2, 0.25) is 0 Å². The van der Waals surface area contributed by atoms with Gasteiger partial charge in [0, 0.05) is 18.6 Å². The van der Waals surface area contributed by atoms with Gasteiger partial charge in [0.25, 0.3) is 0 Å². The summed E-state index contributed by atoms with van der Waals surface area (Å²) in [7, 11) is 0. The zero-order valence-corrected chi connectivity index (χ0v) is 13.0. The summed E-state index contributed by atoms with van der Waals surface area (Å²) in [6, 6.07) is 1.19. The second kappa shape index (κ2) is 7.64. The second-order valence-electron chi connectivity index (χ2n) is 7.16. The van der Waals surface area contributed by atoms with Gasteiger partial charge in [-0.15, -0.1) is 0 Å². The number of aliphatic hydroxyl groups excluding tert-OH is 1. The fourth-order valence-corrected chi connectivity index (χ4v) is 4.04. The third-order valence-electron chi connectivity index (χ3n) is 4.99. The SMILES string of the molecule is CC(C)CN(C1CCCC1)C1CCCCCCC1O. The maximum absolute atomic E-state index is 10.6. The zero-order valence-electron chi connectivity index (χ0n) is 13.0. The second-order valence-corrected chi connectivity index (χ2v) is 7.16. The number of nitrogens with zero attached hydrogens (tertiary/aromatic N) is 1. The Balaban J connectivity index is 2.04. The van der Waals surface area contributed by atoms with Crippen LogP contribution in [0.3, 0.4) is 0 Å². The molecule has 1 N–H and O–H groups in total. The molecule has 0 aromatic carbocycles. The molecule has 2 atom stereocenters. The Hall–Kier alpha value is -0.0800. The van der Waals surface area contributed by atoms with E-state index in [1.54, 1.807) is 0 Å². The Morgan fingerprint density at radius 1 is 0.895 bits per heavy atom. The number of aliphatic hydroxyl groups is 1. The van der Waals surface area contributed by atoms with Crippen molar-refractivity contribution < 1.29 is 5.11 Å². The van der Waals surface area contributed by atoms with Crippen LogP contribution in [0.1, 0.15) is 78.1 Å². The largest absolute Gasteiger partial charge is 0.391 e. The molecule has 0 aromatic heterocycles. The van der Waals surface area contributed by atoms with Crippen molar-refractivity contribution >= 4 is 0 Å². The molecule has 0 saturated heterocycles. The summed E-state index contributed by atoms with van der Waals surface area (Å²) in [6.07, 6.45) is 12.9. The van der Waals surface area contributed by atoms with Crippen LogP contribution in [0.15, 0.2) is 0 Å². The van der Waals surface area contributed by atoms with E-state index in [2.05, 4.69) is 18.7 Å². The minimum absolute atomic E-state index is 0.0837. The standard InChI is InChI=1S/C17H33NO/c1-14(2)13-18(15-9-7-8-10-15)16-11-5-3-4-6-12-17(16)19/h14-17,19H,3-13H2,1-2H3. The number of rotatable bonds is 4. The average Bonchev–Trinajstić information content (AvgIpc) is 2.85. The molecule has 0 heterocycles. The quantitative estimate of drug-likeness (QED) is 0.833. The van der Waals surface area contributed by atoms with Crippen molar-refractivity contribution in [2.24, 2.45) is 5.92 Å². The van der Waals surface area contributed by atoms with E-state index in [0.717, 1.165) is 12.5 Å². The van der Waals surface area contributed by atoms with E-state index >= 15 is 0 Å². The van der Waals surface area contributed by atoms with Crippen LogP contribution in [0.4, 0.5) is 0 Å². The fourth-order valence-electron chi connectivity index (χ4n) is 4.04. The van der Waals surface area contributed by atoms with E-state index < -0.39 is 0 Å². The first-order valence-electron chi connectivity index (χ1n) is 8.62. The van der Waals surface area contributed by atoms with Crippen LogP contribution < -0.4 is 0 Å². The Morgan fingerprint density at radius 2 is 1.47 bits per heavy atom. The lowest BCUT2D eigenvalue weighted by Crippen LogP contribution is -2.50. The molecular weight excluding hydrogens is 234 g/mol. The van der Waals surface area contributed by atoms with Gasteiger partial charge in [0.2, 0.25) is 0 Å². The maximum Gasteiger partial charge on any atom is 0.0695 e. The fraction of sp³-hybridized carbons (Fsp3) is 1.00. The van der Waals surface area contributed by atoms with Gasteiger partial charge < -0.3 is 5.11 Å². The smallest absolute Gasteiger partial charge is 0.0695 e. The molecule has 2 saturated carbocycles. The van der Waals surface area contributed by atoms with Gasteiger partial charge in [-0.2, -0.15) is 0 Å². The van der Waals surface area contributed by atoms with E-state index in [-0.39, 0.29) is 6.10 Å². The molecule has 0 aliphatic heterocycles. The first-order chi connectivity index (χ1) is 9.18. The molecule has 112 valence electrons. The lowest BCUT2D eigenvalue weighted by atomic mass is 9.91. The predicted octanol–water partition coefficient (Wildman–Crippen LogP) is 3.97. The van der Waals surface area contributed by atoms with Crippen molar-refractivity contribution in [3.05, 3.63) is 0 Å². The van der Waals surface area contributed by atoms with E-state index in [0.29, 0.717) is 12.0 Å². The van der Waals surface area contributed by atoms with Crippen molar-refractivity contribution in [2.75, 3.05) is 6.54 Å². The molecule has 0 radical (unpaired) electrons. The molecule has 0 aromatic rings. The highest BCUT2D eigenvalue weighted by molar-refractivity contribution is 4.88. The number of hydrogen-bond donors (Lipinski definition) is 1. The molecule has 19 heavy (non-hydrogen) atoms. The number of hydrogen-bond acceptors (Lipinski definition) is 2. The first-order valence-corrected chi connectivity index (χ1v) is 8.62. The molecular formula is C17H33NO. The first kappa shape index (κ1) is 15.3. The van der Waals surface area contributed by atoms with Crippen molar-refractivity contribution in [1.82, 2.24) is 4.90 Å². The highest BCUT2D eigenvalue weighted by Crippen LogP contribution is 2.30. The summed E-state index contributed by atoms with van der Waals surface area (Å²) in [6.45, 7) is 5.81. The van der Waals surface area contributed by atoms with Gasteiger partial charge in [-0.1, -0.05) is 52.4 Å². The minimum atomic E-state index is -0.0837. The topological polar surface area (TPSA) is 23.5 Å². The van der Waals surface area contributed by atoms with Crippen LogP contribution >= 0.6 is 0 Å². The van der Waals surface area contributed by atoms with Crippen molar-refractivity contribution in [1.29, 1.82) is 0 Å². The van der Waals surface area contributed by atoms with Crippen LogP contribution in [0, 0.1) is 5.92 Å². The lowest BCUT2D eigenvalue weighted by Gasteiger charge is -2.41. The third-order valence-corrected chi connectivity index (χ3v) is 4.99. The van der Waals surface area contributed by atoms with Crippen LogP contribution in [0.5, 0.6) is 0 Å². The minimum Gasteiger partial charge on any atom is -0.391 e. The van der Waals surface area contributed by atoms with Gasteiger partial charge in [0.1, 0.15) is 0 Å². The molecule has 2 aliphatic rings. The lowest BCUT2D eigenvalue weighted by molar-refractivity contribution is 0.00341. The van der Waals surface area contributed by atoms with Gasteiger partial charge in [0.15, 0.2) is 0 Å². The molecule has 2 nitrogen and oxygen atoms in total. The van der Waals surface area contributed by atoms with E-state index in [1.165, 1.54) is 64.3 Å².